The maximum absolute atomic E-state index is 14.0. The molecule has 1 unspecified atom stereocenters. The summed E-state index contributed by atoms with van der Waals surface area (Å²) < 4.78 is 16.0. The van der Waals surface area contributed by atoms with Crippen molar-refractivity contribution in [3.63, 3.8) is 0 Å². The molecular formula is C45H42N6O8S2. The second-order valence-electron chi connectivity index (χ2n) is 13.5. The highest BCUT2D eigenvalue weighted by Gasteiger charge is 2.54. The van der Waals surface area contributed by atoms with Gasteiger partial charge in [-0.2, -0.15) is 0 Å². The van der Waals surface area contributed by atoms with Gasteiger partial charge in [0.1, 0.15) is 54.4 Å². The van der Waals surface area contributed by atoms with Crippen molar-refractivity contribution in [2.24, 2.45) is 5.16 Å². The summed E-state index contributed by atoms with van der Waals surface area (Å²) in [5, 5.41) is 14.5. The number of hydrogen-bond acceptors (Lipinski definition) is 13. The van der Waals surface area contributed by atoms with Crippen LogP contribution in [0.5, 0.6) is 5.75 Å². The van der Waals surface area contributed by atoms with Gasteiger partial charge in [0.15, 0.2) is 10.8 Å². The van der Waals surface area contributed by atoms with E-state index in [4.69, 9.17) is 24.0 Å². The number of allylic oxidation sites excluding steroid dienone is 1. The molecule has 0 spiro atoms. The minimum Gasteiger partial charge on any atom is -0.497 e. The molecular weight excluding hydrogens is 817 g/mol. The normalized spacial score (nSPS) is 16.3. The zero-order valence-corrected chi connectivity index (χ0v) is 35.0. The Hall–Kier alpha value is -6.91. The number of carbonyl (C=O) groups is 4. The largest absolute Gasteiger partial charge is 0.497 e. The van der Waals surface area contributed by atoms with Gasteiger partial charge in [0.05, 0.1) is 7.11 Å². The highest BCUT2D eigenvalue weighted by molar-refractivity contribution is 8.00. The van der Waals surface area contributed by atoms with Crippen LogP contribution in [0, 0.1) is 0 Å². The third kappa shape index (κ3) is 9.15. The van der Waals surface area contributed by atoms with Crippen molar-refractivity contribution < 1.29 is 38.2 Å². The van der Waals surface area contributed by atoms with E-state index in [0.29, 0.717) is 22.0 Å². The maximum Gasteiger partial charge on any atom is 0.407 e. The molecule has 1 fully saturated rings. The Bertz CT molecular complexity index is 2350. The SMILES string of the molecule is CNC(=O)OCC=CC1=C(C(=O)OCc2ccc(OC)cc2)N2C(=O)C(NC(=O)C(=NOC)c3csc(NC(c4ccccc4)(c4ccccc4)c4ccccc4)n3)[C@@H]2SC1. The fourth-order valence-corrected chi connectivity index (χ4v) is 9.04. The number of thioether (sulfide) groups is 1. The lowest BCUT2D eigenvalue weighted by Gasteiger charge is -2.49. The first-order valence-electron chi connectivity index (χ1n) is 19.1. The number of hydrogen-bond donors (Lipinski definition) is 3. The smallest absolute Gasteiger partial charge is 0.407 e. The molecule has 16 heteroatoms. The van der Waals surface area contributed by atoms with E-state index in [1.165, 1.54) is 42.2 Å². The van der Waals surface area contributed by atoms with Crippen molar-refractivity contribution in [1.82, 2.24) is 20.5 Å². The van der Waals surface area contributed by atoms with Crippen LogP contribution in [0.2, 0.25) is 0 Å². The molecule has 14 nitrogen and oxygen atoms in total. The number of β-lactam (4-membered cyclic amide) rings is 1. The first-order valence-corrected chi connectivity index (χ1v) is 21.0. The average Bonchev–Trinajstić information content (AvgIpc) is 3.78. The Morgan fingerprint density at radius 3 is 2.08 bits per heavy atom. The number of methoxy groups -OCH3 is 1. The van der Waals surface area contributed by atoms with E-state index < -0.39 is 40.8 Å². The van der Waals surface area contributed by atoms with Gasteiger partial charge in [-0.25, -0.2) is 14.6 Å². The lowest BCUT2D eigenvalue weighted by Crippen LogP contribution is -2.71. The minimum atomic E-state index is -1.01. The molecule has 3 N–H and O–H groups in total. The number of alkyl carbamates (subject to hydrolysis) is 1. The van der Waals surface area contributed by atoms with Gasteiger partial charge in [-0.1, -0.05) is 114 Å². The standard InChI is InChI=1S/C45H42N6O8S2/c1-46-44(55)58-25-13-14-30-27-60-41-37(40(53)51(41)38(30)42(54)59-26-29-21-23-34(56-2)24-22-29)48-39(52)36(50-57-3)35-28-61-43(47-35)49-45(31-15-7-4-8-16-31,32-17-9-5-10-18-32)33-19-11-6-12-20-33/h4-24,28,37,41H,25-27H2,1-3H3,(H,46,55)(H,47,49)(H,48,52)/t37?,41-/m0/s1. The van der Waals surface area contributed by atoms with Crippen LogP contribution in [0.4, 0.5) is 9.93 Å². The van der Waals surface area contributed by atoms with Gasteiger partial charge < -0.3 is 35.0 Å². The van der Waals surface area contributed by atoms with Crippen LogP contribution < -0.4 is 20.7 Å². The van der Waals surface area contributed by atoms with Gasteiger partial charge in [-0.3, -0.25) is 14.5 Å². The van der Waals surface area contributed by atoms with Gasteiger partial charge >= 0.3 is 12.1 Å². The van der Waals surface area contributed by atoms with Crippen molar-refractivity contribution in [3.05, 3.63) is 172 Å². The van der Waals surface area contributed by atoms with E-state index in [-0.39, 0.29) is 36.1 Å². The van der Waals surface area contributed by atoms with Crippen molar-refractivity contribution >= 4 is 57.8 Å². The number of benzene rings is 4. The minimum absolute atomic E-state index is 0.0312. The molecule has 2 aliphatic rings. The number of esters is 1. The van der Waals surface area contributed by atoms with Crippen LogP contribution in [0.3, 0.4) is 0 Å². The molecule has 0 radical (unpaired) electrons. The van der Waals surface area contributed by atoms with E-state index in [9.17, 15) is 19.2 Å². The van der Waals surface area contributed by atoms with Gasteiger partial charge in [0.2, 0.25) is 0 Å². The van der Waals surface area contributed by atoms with Gasteiger partial charge in [0.25, 0.3) is 11.8 Å². The Kier molecular flexibility index (Phi) is 13.5. The molecule has 61 heavy (non-hydrogen) atoms. The maximum atomic E-state index is 14.0. The summed E-state index contributed by atoms with van der Waals surface area (Å²) in [6.07, 6.45) is 2.57. The first-order chi connectivity index (χ1) is 29.8. The molecule has 2 atom stereocenters. The molecule has 3 amide bonds. The van der Waals surface area contributed by atoms with Crippen LogP contribution in [-0.2, 0) is 40.8 Å². The zero-order valence-electron chi connectivity index (χ0n) is 33.4. The summed E-state index contributed by atoms with van der Waals surface area (Å²) in [6, 6.07) is 36.1. The number of fused-ring (bicyclic) bond motifs is 1. The van der Waals surface area contributed by atoms with E-state index in [1.54, 1.807) is 48.9 Å². The summed E-state index contributed by atoms with van der Waals surface area (Å²) in [4.78, 5) is 64.6. The van der Waals surface area contributed by atoms with Crippen LogP contribution in [-0.4, -0.2) is 84.5 Å². The fraction of sp³-hybridized carbons (Fsp3) is 0.200. The lowest BCUT2D eigenvalue weighted by atomic mass is 9.77. The molecule has 312 valence electrons. The number of nitrogens with one attached hydrogen (secondary N) is 3. The third-order valence-electron chi connectivity index (χ3n) is 9.90. The number of oxime groups is 1. The molecule has 0 aliphatic carbocycles. The average molecular weight is 859 g/mol. The van der Waals surface area contributed by atoms with Gasteiger partial charge in [0, 0.05) is 18.2 Å². The first kappa shape index (κ1) is 42.2. The number of thiazole rings is 1. The number of carbonyl (C=O) groups excluding carboxylic acids is 4. The molecule has 5 aromatic rings. The Labute approximate surface area is 360 Å². The molecule has 0 bridgehead atoms. The number of rotatable bonds is 16. The fourth-order valence-electron chi connectivity index (χ4n) is 6.97. The van der Waals surface area contributed by atoms with E-state index >= 15 is 0 Å². The monoisotopic (exact) mass is 858 g/mol. The van der Waals surface area contributed by atoms with Crippen molar-refractivity contribution in [1.29, 1.82) is 0 Å². The molecule has 1 saturated heterocycles. The van der Waals surface area contributed by atoms with Crippen LogP contribution in [0.25, 0.3) is 0 Å². The summed E-state index contributed by atoms with van der Waals surface area (Å²) in [7, 11) is 4.32. The lowest BCUT2D eigenvalue weighted by molar-refractivity contribution is -0.153. The highest BCUT2D eigenvalue weighted by atomic mass is 32.2. The summed E-state index contributed by atoms with van der Waals surface area (Å²) in [6.45, 7) is -0.132. The Balaban J connectivity index is 1.12. The van der Waals surface area contributed by atoms with Crippen molar-refractivity contribution in [3.8, 4) is 5.75 Å². The summed E-state index contributed by atoms with van der Waals surface area (Å²) in [5.74, 6) is -1.01. The second kappa shape index (κ2) is 19.4. The number of anilines is 1. The molecule has 4 aromatic carbocycles. The second-order valence-corrected chi connectivity index (χ2v) is 15.5. The van der Waals surface area contributed by atoms with Crippen molar-refractivity contribution in [2.75, 3.05) is 38.9 Å². The van der Waals surface area contributed by atoms with E-state index in [1.807, 2.05) is 54.6 Å². The molecule has 1 aromatic heterocycles. The van der Waals surface area contributed by atoms with E-state index in [2.05, 4.69) is 57.5 Å². The topological polar surface area (TPSA) is 170 Å². The molecule has 2 aliphatic heterocycles. The van der Waals surface area contributed by atoms with Crippen LogP contribution >= 0.6 is 23.1 Å². The van der Waals surface area contributed by atoms with Gasteiger partial charge in [-0.15, -0.1) is 23.1 Å². The summed E-state index contributed by atoms with van der Waals surface area (Å²) >= 11 is 2.64. The molecule has 7 rings (SSSR count). The zero-order chi connectivity index (χ0) is 42.8. The molecule has 3 heterocycles. The number of ether oxygens (including phenoxy) is 3. The number of aromatic nitrogens is 1. The summed E-state index contributed by atoms with van der Waals surface area (Å²) in [5.41, 5.74) is 3.36. The van der Waals surface area contributed by atoms with Gasteiger partial charge in [-0.05, 0) is 46.0 Å². The van der Waals surface area contributed by atoms with Crippen LogP contribution in [0.1, 0.15) is 27.9 Å². The van der Waals surface area contributed by atoms with E-state index in [0.717, 1.165) is 16.7 Å². The Morgan fingerprint density at radius 1 is 0.885 bits per heavy atom. The number of nitrogens with zero attached hydrogens (tertiary/aromatic N) is 3. The van der Waals surface area contributed by atoms with Crippen molar-refractivity contribution in [2.45, 2.75) is 23.6 Å². The predicted molar refractivity (Wildman–Crippen MR) is 233 cm³/mol. The Morgan fingerprint density at radius 2 is 1.51 bits per heavy atom. The van der Waals surface area contributed by atoms with Crippen LogP contribution in [0.15, 0.2) is 149 Å². The quantitative estimate of drug-likeness (QED) is 0.0339. The highest BCUT2D eigenvalue weighted by Crippen LogP contribution is 2.42. The number of amides is 3. The predicted octanol–water partition coefficient (Wildman–Crippen LogP) is 6.22. The molecule has 0 saturated carbocycles. The third-order valence-corrected chi connectivity index (χ3v) is 12.0.